The molecule has 214 valence electrons. The summed E-state index contributed by atoms with van der Waals surface area (Å²) < 4.78 is 42.0. The van der Waals surface area contributed by atoms with Crippen LogP contribution in [0, 0.1) is 11.2 Å². The van der Waals surface area contributed by atoms with Crippen LogP contribution in [0.2, 0.25) is 0 Å². The predicted molar refractivity (Wildman–Crippen MR) is 152 cm³/mol. The number of nitrogen functional groups attached to an aromatic ring is 1. The van der Waals surface area contributed by atoms with Crippen molar-refractivity contribution < 1.29 is 33.2 Å². The van der Waals surface area contributed by atoms with Crippen molar-refractivity contribution in [1.29, 1.82) is 5.41 Å². The number of benzene rings is 3. The first-order chi connectivity index (χ1) is 19.2. The van der Waals surface area contributed by atoms with Gasteiger partial charge in [0.1, 0.15) is 41.2 Å². The van der Waals surface area contributed by atoms with Crippen molar-refractivity contribution in [3.8, 4) is 23.0 Å². The highest BCUT2D eigenvalue weighted by atomic mass is 19.1. The molecule has 40 heavy (non-hydrogen) atoms. The summed E-state index contributed by atoms with van der Waals surface area (Å²) in [5, 5.41) is 18.9. The molecule has 3 rings (SSSR count). The lowest BCUT2D eigenvalue weighted by Gasteiger charge is -2.27. The van der Waals surface area contributed by atoms with E-state index in [0.717, 1.165) is 11.1 Å². The average molecular weight is 554 g/mol. The van der Waals surface area contributed by atoms with Crippen molar-refractivity contribution in [2.45, 2.75) is 25.9 Å². The second-order valence-electron chi connectivity index (χ2n) is 8.98. The molecule has 10 heteroatoms. The topological polar surface area (TPSA) is 119 Å². The number of nitrogens with zero attached hydrogens (tertiary/aromatic N) is 1. The normalized spacial score (nSPS) is 11.9. The summed E-state index contributed by atoms with van der Waals surface area (Å²) in [4.78, 5) is 1.66. The maximum Gasteiger partial charge on any atom is 0.290 e. The molecule has 0 saturated heterocycles. The standard InChI is InChI=1S/C30H36FN3O6/c1-19(26-13-22(32)8-11-27(26)31)12-25(18-35)40-30(33)34(16-20-6-9-23(36-2)14-28(20)38-4)17-21-7-10-24(37-3)15-29(21)39-5/h6-15,19,33,35H,16-18,32H2,1-5H3/b25-12-,33-30?/t19-/m1/s1. The van der Waals surface area contributed by atoms with Crippen LogP contribution in [0.3, 0.4) is 0 Å². The van der Waals surface area contributed by atoms with Crippen molar-refractivity contribution in [3.05, 3.63) is 88.9 Å². The smallest absolute Gasteiger partial charge is 0.290 e. The lowest BCUT2D eigenvalue weighted by molar-refractivity contribution is 0.215. The van der Waals surface area contributed by atoms with Crippen LogP contribution < -0.4 is 24.7 Å². The van der Waals surface area contributed by atoms with E-state index in [-0.39, 0.29) is 24.9 Å². The van der Waals surface area contributed by atoms with Gasteiger partial charge in [-0.25, -0.2) is 4.39 Å². The van der Waals surface area contributed by atoms with Gasteiger partial charge in [0, 0.05) is 34.9 Å². The zero-order valence-corrected chi connectivity index (χ0v) is 23.4. The minimum Gasteiger partial charge on any atom is -0.497 e. The summed E-state index contributed by atoms with van der Waals surface area (Å²) in [6.07, 6.45) is 1.56. The Morgan fingerprint density at radius 2 is 1.45 bits per heavy atom. The molecule has 3 aromatic carbocycles. The first-order valence-corrected chi connectivity index (χ1v) is 12.5. The van der Waals surface area contributed by atoms with Crippen molar-refractivity contribution >= 4 is 11.7 Å². The van der Waals surface area contributed by atoms with E-state index in [9.17, 15) is 9.50 Å². The number of nitrogens with two attached hydrogens (primary N) is 1. The molecular formula is C30H36FN3O6. The summed E-state index contributed by atoms with van der Waals surface area (Å²) in [6.45, 7) is 1.70. The molecule has 0 aromatic heterocycles. The van der Waals surface area contributed by atoms with Gasteiger partial charge in [0.25, 0.3) is 6.02 Å². The zero-order valence-electron chi connectivity index (χ0n) is 23.4. The molecule has 0 aliphatic rings. The van der Waals surface area contributed by atoms with Gasteiger partial charge in [0.05, 0.1) is 41.5 Å². The van der Waals surface area contributed by atoms with Crippen molar-refractivity contribution in [3.63, 3.8) is 0 Å². The molecular weight excluding hydrogens is 517 g/mol. The minimum atomic E-state index is -0.498. The molecule has 1 atom stereocenters. The van der Waals surface area contributed by atoms with Crippen LogP contribution in [-0.4, -0.2) is 51.1 Å². The molecule has 3 aromatic rings. The van der Waals surface area contributed by atoms with Crippen molar-refractivity contribution in [2.75, 3.05) is 40.8 Å². The minimum absolute atomic E-state index is 0.0905. The Balaban J connectivity index is 1.94. The second-order valence-corrected chi connectivity index (χ2v) is 8.98. The largest absolute Gasteiger partial charge is 0.497 e. The first-order valence-electron chi connectivity index (χ1n) is 12.5. The van der Waals surface area contributed by atoms with E-state index in [0.29, 0.717) is 34.2 Å². The number of ether oxygens (including phenoxy) is 5. The number of methoxy groups -OCH3 is 4. The quantitative estimate of drug-likeness (QED) is 0.123. The summed E-state index contributed by atoms with van der Waals surface area (Å²) in [7, 11) is 6.25. The number of hydrogen-bond donors (Lipinski definition) is 3. The fraction of sp³-hybridized carbons (Fsp3) is 0.300. The SMILES string of the molecule is COc1ccc(CN(Cc2ccc(OC)cc2OC)C(=N)O/C(=C\[C@@H](C)c2cc(N)ccc2F)CO)c(OC)c1. The zero-order chi connectivity index (χ0) is 29.2. The molecule has 0 spiro atoms. The Hall–Kier alpha value is -4.44. The van der Waals surface area contributed by atoms with Crippen molar-refractivity contribution in [2.24, 2.45) is 0 Å². The number of aliphatic hydroxyl groups excluding tert-OH is 1. The van der Waals surface area contributed by atoms with E-state index in [2.05, 4.69) is 0 Å². The summed E-state index contributed by atoms with van der Waals surface area (Å²) in [5.41, 5.74) is 8.15. The average Bonchev–Trinajstić information content (AvgIpc) is 2.97. The Labute approximate surface area is 234 Å². The third-order valence-electron chi connectivity index (χ3n) is 6.33. The molecule has 0 aliphatic heterocycles. The van der Waals surface area contributed by atoms with Gasteiger partial charge in [-0.1, -0.05) is 6.92 Å². The van der Waals surface area contributed by atoms with E-state index in [1.165, 1.54) is 18.2 Å². The van der Waals surface area contributed by atoms with Gasteiger partial charge >= 0.3 is 0 Å². The van der Waals surface area contributed by atoms with Gasteiger partial charge in [0.15, 0.2) is 0 Å². The third kappa shape index (κ3) is 7.57. The Morgan fingerprint density at radius 3 is 1.93 bits per heavy atom. The van der Waals surface area contributed by atoms with Gasteiger partial charge in [-0.05, 0) is 54.1 Å². The maximum absolute atomic E-state index is 14.4. The number of aliphatic hydroxyl groups is 1. The van der Waals surface area contributed by atoms with Crippen molar-refractivity contribution in [1.82, 2.24) is 4.90 Å². The second kappa shape index (κ2) is 14.1. The number of rotatable bonds is 12. The molecule has 0 saturated carbocycles. The number of hydrogen-bond acceptors (Lipinski definition) is 8. The summed E-state index contributed by atoms with van der Waals surface area (Å²) in [6, 6.07) is 14.9. The van der Waals surface area contributed by atoms with E-state index in [1.54, 1.807) is 70.6 Å². The Kier molecular flexibility index (Phi) is 10.6. The molecule has 0 bridgehead atoms. The highest BCUT2D eigenvalue weighted by molar-refractivity contribution is 5.72. The predicted octanol–water partition coefficient (Wildman–Crippen LogP) is 5.08. The van der Waals surface area contributed by atoms with Crippen LogP contribution in [0.25, 0.3) is 0 Å². The van der Waals surface area contributed by atoms with Crippen LogP contribution in [-0.2, 0) is 17.8 Å². The monoisotopic (exact) mass is 553 g/mol. The van der Waals surface area contributed by atoms with E-state index in [4.69, 9.17) is 34.8 Å². The number of nitrogens with one attached hydrogen (secondary N) is 1. The van der Waals surface area contributed by atoms with Crippen LogP contribution in [0.4, 0.5) is 10.1 Å². The fourth-order valence-electron chi connectivity index (χ4n) is 4.16. The van der Waals surface area contributed by atoms with Crippen LogP contribution >= 0.6 is 0 Å². The van der Waals surface area contributed by atoms with E-state index < -0.39 is 18.3 Å². The molecule has 0 unspecified atom stereocenters. The molecule has 0 heterocycles. The van der Waals surface area contributed by atoms with Gasteiger partial charge in [-0.3, -0.25) is 5.41 Å². The highest BCUT2D eigenvalue weighted by Gasteiger charge is 2.20. The molecule has 0 amide bonds. The fourth-order valence-corrected chi connectivity index (χ4v) is 4.16. The van der Waals surface area contributed by atoms with Gasteiger partial charge in [-0.15, -0.1) is 0 Å². The van der Waals surface area contributed by atoms with Crippen LogP contribution in [0.15, 0.2) is 66.4 Å². The lowest BCUT2D eigenvalue weighted by Crippen LogP contribution is -2.32. The highest BCUT2D eigenvalue weighted by Crippen LogP contribution is 2.30. The number of halogens is 1. The Bertz CT molecular complexity index is 1290. The van der Waals surface area contributed by atoms with Gasteiger partial charge < -0.3 is 39.4 Å². The number of amidine groups is 1. The lowest BCUT2D eigenvalue weighted by atomic mass is 9.99. The molecule has 4 N–H and O–H groups in total. The Morgan fingerprint density at radius 1 is 0.900 bits per heavy atom. The van der Waals surface area contributed by atoms with Crippen LogP contribution in [0.1, 0.15) is 29.5 Å². The molecule has 9 nitrogen and oxygen atoms in total. The number of allylic oxidation sites excluding steroid dienone is 1. The van der Waals surface area contributed by atoms with Crippen LogP contribution in [0.5, 0.6) is 23.0 Å². The first kappa shape index (κ1) is 30.1. The molecule has 0 radical (unpaired) electrons. The van der Waals surface area contributed by atoms with E-state index >= 15 is 0 Å². The van der Waals surface area contributed by atoms with Gasteiger partial charge in [-0.2, -0.15) is 0 Å². The molecule has 0 aliphatic carbocycles. The third-order valence-corrected chi connectivity index (χ3v) is 6.33. The van der Waals surface area contributed by atoms with E-state index in [1.807, 2.05) is 12.1 Å². The summed E-state index contributed by atoms with van der Waals surface area (Å²) >= 11 is 0. The number of anilines is 1. The molecule has 0 fully saturated rings. The maximum atomic E-state index is 14.4. The van der Waals surface area contributed by atoms with Gasteiger partial charge in [0.2, 0.25) is 0 Å². The summed E-state index contributed by atoms with van der Waals surface area (Å²) in [5.74, 6) is 1.59.